The Labute approximate surface area is 161 Å². The Balaban J connectivity index is 1.75. The number of hydrogen-bond donors (Lipinski definition) is 2. The lowest BCUT2D eigenvalue weighted by Crippen LogP contribution is -2.31. The Bertz CT molecular complexity index is 1090. The minimum absolute atomic E-state index is 0.223. The summed E-state index contributed by atoms with van der Waals surface area (Å²) in [6.07, 6.45) is 1.50. The topological polar surface area (TPSA) is 113 Å². The fourth-order valence-corrected chi connectivity index (χ4v) is 4.88. The third kappa shape index (κ3) is 3.89. The second-order valence-corrected chi connectivity index (χ2v) is 10.3. The first kappa shape index (κ1) is 19.5. The summed E-state index contributed by atoms with van der Waals surface area (Å²) >= 11 is 1.18. The number of aromatic amines is 1. The lowest BCUT2D eigenvalue weighted by Gasteiger charge is -2.20. The summed E-state index contributed by atoms with van der Waals surface area (Å²) in [5.41, 5.74) is -0.139. The maximum atomic E-state index is 12.4. The van der Waals surface area contributed by atoms with Gasteiger partial charge in [-0.25, -0.2) is 13.1 Å². The van der Waals surface area contributed by atoms with Gasteiger partial charge in [0.05, 0.1) is 11.7 Å². The van der Waals surface area contributed by atoms with E-state index in [-0.39, 0.29) is 23.6 Å². The summed E-state index contributed by atoms with van der Waals surface area (Å²) in [5.74, 6) is 0.278. The molecule has 0 atom stereocenters. The van der Waals surface area contributed by atoms with E-state index >= 15 is 0 Å². The van der Waals surface area contributed by atoms with Crippen molar-refractivity contribution in [2.75, 3.05) is 25.5 Å². The number of aromatic nitrogens is 4. The maximum absolute atomic E-state index is 12.4. The van der Waals surface area contributed by atoms with Gasteiger partial charge in [0.25, 0.3) is 15.6 Å². The zero-order chi connectivity index (χ0) is 19.8. The van der Waals surface area contributed by atoms with Crippen LogP contribution in [0.3, 0.4) is 0 Å². The van der Waals surface area contributed by atoms with E-state index in [9.17, 15) is 13.2 Å². The number of sulfonamides is 1. The highest BCUT2D eigenvalue weighted by molar-refractivity contribution is 7.91. The molecule has 0 fully saturated rings. The van der Waals surface area contributed by atoms with Crippen LogP contribution >= 0.6 is 11.3 Å². The molecule has 3 aromatic heterocycles. The molecular weight excluding hydrogens is 388 g/mol. The number of likely N-dealkylation sites (N-methyl/N-ethyl adjacent to an activating group) is 1. The zero-order valence-electron chi connectivity index (χ0n) is 15.6. The lowest BCUT2D eigenvalue weighted by atomic mass is 10.1. The van der Waals surface area contributed by atoms with Crippen LogP contribution in [-0.4, -0.2) is 52.6 Å². The molecule has 0 aromatic carbocycles. The Morgan fingerprint density at radius 3 is 2.74 bits per heavy atom. The Morgan fingerprint density at radius 2 is 2.11 bits per heavy atom. The second-order valence-electron chi connectivity index (χ2n) is 7.06. The summed E-state index contributed by atoms with van der Waals surface area (Å²) < 4.78 is 28.1. The van der Waals surface area contributed by atoms with E-state index in [0.717, 1.165) is 0 Å². The van der Waals surface area contributed by atoms with E-state index in [4.69, 9.17) is 0 Å². The summed E-state index contributed by atoms with van der Waals surface area (Å²) in [4.78, 5) is 19.4. The molecule has 0 saturated heterocycles. The molecule has 0 amide bonds. The van der Waals surface area contributed by atoms with Crippen molar-refractivity contribution in [2.45, 2.75) is 30.5 Å². The molecule has 0 unspecified atom stereocenters. The molecule has 0 aliphatic carbocycles. The normalized spacial score (nSPS) is 12.8. The van der Waals surface area contributed by atoms with Crippen LogP contribution in [-0.2, 0) is 15.6 Å². The predicted molar refractivity (Wildman–Crippen MR) is 106 cm³/mol. The largest absolute Gasteiger partial charge is 0.354 e. The van der Waals surface area contributed by atoms with Crippen molar-refractivity contribution in [1.82, 2.24) is 24.1 Å². The van der Waals surface area contributed by atoms with Crippen LogP contribution in [0.5, 0.6) is 0 Å². The van der Waals surface area contributed by atoms with Crippen LogP contribution < -0.4 is 10.9 Å². The molecule has 146 valence electrons. The molecule has 3 heterocycles. The molecule has 3 aromatic rings. The van der Waals surface area contributed by atoms with Crippen molar-refractivity contribution >= 4 is 38.3 Å². The smallest absolute Gasteiger partial charge is 0.263 e. The van der Waals surface area contributed by atoms with Crippen LogP contribution in [0, 0.1) is 0 Å². The van der Waals surface area contributed by atoms with Crippen molar-refractivity contribution in [1.29, 1.82) is 0 Å². The average molecular weight is 411 g/mol. The van der Waals surface area contributed by atoms with Crippen molar-refractivity contribution in [3.05, 3.63) is 34.1 Å². The van der Waals surface area contributed by atoms with Gasteiger partial charge < -0.3 is 5.32 Å². The number of hydrogen-bond acceptors (Lipinski definition) is 7. The molecule has 0 aliphatic rings. The Morgan fingerprint density at radius 1 is 1.37 bits per heavy atom. The van der Waals surface area contributed by atoms with Crippen molar-refractivity contribution in [3.63, 3.8) is 0 Å². The van der Waals surface area contributed by atoms with Gasteiger partial charge in [0.2, 0.25) is 5.95 Å². The fourth-order valence-electron chi connectivity index (χ4n) is 2.51. The van der Waals surface area contributed by atoms with Gasteiger partial charge in [-0.1, -0.05) is 6.07 Å². The zero-order valence-corrected chi connectivity index (χ0v) is 17.2. The molecule has 0 radical (unpaired) electrons. The third-order valence-corrected chi connectivity index (χ3v) is 7.18. The predicted octanol–water partition coefficient (Wildman–Crippen LogP) is 1.67. The van der Waals surface area contributed by atoms with Gasteiger partial charge in [0.15, 0.2) is 5.65 Å². The average Bonchev–Trinajstić information content (AvgIpc) is 3.24. The van der Waals surface area contributed by atoms with E-state index in [2.05, 4.69) is 20.4 Å². The van der Waals surface area contributed by atoms with Crippen molar-refractivity contribution in [2.24, 2.45) is 0 Å². The summed E-state index contributed by atoms with van der Waals surface area (Å²) in [5, 5.41) is 9.38. The highest BCUT2D eigenvalue weighted by Gasteiger charge is 2.22. The van der Waals surface area contributed by atoms with Gasteiger partial charge in [0, 0.05) is 20.1 Å². The molecule has 0 aliphatic heterocycles. The van der Waals surface area contributed by atoms with Crippen molar-refractivity contribution < 1.29 is 8.42 Å². The van der Waals surface area contributed by atoms with Crippen LogP contribution in [0.4, 0.5) is 5.95 Å². The van der Waals surface area contributed by atoms with Crippen LogP contribution in [0.1, 0.15) is 20.8 Å². The first-order valence-corrected chi connectivity index (χ1v) is 10.6. The fraction of sp³-hybridized carbons (Fsp3) is 0.438. The first-order valence-electron chi connectivity index (χ1n) is 8.33. The van der Waals surface area contributed by atoms with Crippen LogP contribution in [0.25, 0.3) is 11.0 Å². The molecule has 11 heteroatoms. The molecule has 3 rings (SSSR count). The van der Waals surface area contributed by atoms with Gasteiger partial charge in [-0.2, -0.15) is 14.4 Å². The Hall–Kier alpha value is -2.24. The van der Waals surface area contributed by atoms with E-state index < -0.39 is 10.0 Å². The van der Waals surface area contributed by atoms with E-state index in [1.165, 1.54) is 28.9 Å². The highest BCUT2D eigenvalue weighted by Crippen LogP contribution is 2.20. The third-order valence-electron chi connectivity index (χ3n) is 3.95. The number of rotatable bonds is 6. The van der Waals surface area contributed by atoms with E-state index in [0.29, 0.717) is 21.8 Å². The van der Waals surface area contributed by atoms with Gasteiger partial charge in [-0.3, -0.25) is 9.78 Å². The standard InChI is InChI=1S/C16H22N6O3S2/c1-16(2,3)22-13-11(10-18-22)14(23)20-15(19-13)17-7-8-21(4)27(24,25)12-6-5-9-26-12/h5-6,9-10H,7-8H2,1-4H3,(H2,17,19,20,23). The number of thiophene rings is 1. The molecule has 0 saturated carbocycles. The number of fused-ring (bicyclic) bond motifs is 1. The van der Waals surface area contributed by atoms with Gasteiger partial charge in [-0.05, 0) is 32.2 Å². The number of nitrogens with zero attached hydrogens (tertiary/aromatic N) is 4. The molecule has 0 bridgehead atoms. The van der Waals surface area contributed by atoms with E-state index in [1.807, 2.05) is 20.8 Å². The lowest BCUT2D eigenvalue weighted by molar-refractivity contribution is 0.366. The number of anilines is 1. The van der Waals surface area contributed by atoms with Crippen LogP contribution in [0.15, 0.2) is 32.7 Å². The summed E-state index contributed by atoms with van der Waals surface area (Å²) in [6, 6.07) is 3.27. The molecular formula is C16H22N6O3S2. The minimum atomic E-state index is -3.50. The van der Waals surface area contributed by atoms with Crippen LogP contribution in [0.2, 0.25) is 0 Å². The Kier molecular flexibility index (Phi) is 5.10. The summed E-state index contributed by atoms with van der Waals surface area (Å²) in [7, 11) is -1.99. The quantitative estimate of drug-likeness (QED) is 0.639. The molecule has 2 N–H and O–H groups in total. The maximum Gasteiger partial charge on any atom is 0.263 e. The first-order chi connectivity index (χ1) is 12.6. The highest BCUT2D eigenvalue weighted by atomic mass is 32.2. The molecule has 9 nitrogen and oxygen atoms in total. The molecule has 27 heavy (non-hydrogen) atoms. The second kappa shape index (κ2) is 7.06. The number of H-pyrrole nitrogens is 1. The SMILES string of the molecule is CN(CCNc1nc2c(cnn2C(C)(C)C)c(=O)[nH]1)S(=O)(=O)c1cccs1. The number of nitrogens with one attached hydrogen (secondary N) is 2. The van der Waals surface area contributed by atoms with Gasteiger partial charge in [0.1, 0.15) is 9.60 Å². The van der Waals surface area contributed by atoms with E-state index in [1.54, 1.807) is 22.2 Å². The summed E-state index contributed by atoms with van der Waals surface area (Å²) in [6.45, 7) is 6.43. The monoisotopic (exact) mass is 410 g/mol. The van der Waals surface area contributed by atoms with Crippen molar-refractivity contribution in [3.8, 4) is 0 Å². The van der Waals surface area contributed by atoms with Gasteiger partial charge in [-0.15, -0.1) is 11.3 Å². The minimum Gasteiger partial charge on any atom is -0.354 e. The van der Waals surface area contributed by atoms with Gasteiger partial charge >= 0.3 is 0 Å². The molecule has 0 spiro atoms.